The molecule has 6 heteroatoms. The summed E-state index contributed by atoms with van der Waals surface area (Å²) in [5.74, 6) is 1.03. The highest BCUT2D eigenvalue weighted by molar-refractivity contribution is 7.12. The first-order valence-corrected chi connectivity index (χ1v) is 6.56. The fourth-order valence-electron chi connectivity index (χ4n) is 0.983. The van der Waals surface area contributed by atoms with E-state index in [9.17, 15) is 4.79 Å². The van der Waals surface area contributed by atoms with Gasteiger partial charge in [-0.2, -0.15) is 0 Å². The molecule has 0 saturated carbocycles. The number of carbonyl (C=O) groups excluding carboxylic acids is 1. The lowest BCUT2D eigenvalue weighted by Gasteiger charge is -2.25. The fraction of sp³-hybridized carbons (Fsp3) is 0.500. The Morgan fingerprint density at radius 2 is 2.19 bits per heavy atom. The molecule has 1 heterocycles. The zero-order chi connectivity index (χ0) is 12.2. The predicted molar refractivity (Wildman–Crippen MR) is 68.2 cm³/mol. The van der Waals surface area contributed by atoms with Crippen molar-refractivity contribution in [1.82, 2.24) is 5.32 Å². The third-order valence-corrected chi connectivity index (χ3v) is 4.13. The number of thiophene rings is 1. The summed E-state index contributed by atoms with van der Waals surface area (Å²) in [5.41, 5.74) is -0.586. The first-order chi connectivity index (χ1) is 7.54. The molecule has 1 rings (SSSR count). The summed E-state index contributed by atoms with van der Waals surface area (Å²) >= 11 is 12.8. The molecule has 0 radical (unpaired) electrons. The molecular formula is C10H13Cl2NO2S. The summed E-state index contributed by atoms with van der Waals surface area (Å²) in [7, 11) is 1.56. The number of alkyl halides is 2. The number of hydrogen-bond acceptors (Lipinski definition) is 3. The Balaban J connectivity index is 2.71. The maximum Gasteiger partial charge on any atom is 0.261 e. The highest BCUT2D eigenvalue weighted by Crippen LogP contribution is 2.22. The number of ether oxygens (including phenoxy) is 1. The van der Waals surface area contributed by atoms with E-state index in [1.807, 2.05) is 0 Å². The molecule has 1 aromatic heterocycles. The maximum absolute atomic E-state index is 11.8. The molecule has 1 N–H and O–H groups in total. The van der Waals surface area contributed by atoms with E-state index in [4.69, 9.17) is 27.9 Å². The fourth-order valence-corrected chi connectivity index (χ4v) is 2.15. The Labute approximate surface area is 109 Å². The number of nitrogens with one attached hydrogen (secondary N) is 1. The van der Waals surface area contributed by atoms with E-state index >= 15 is 0 Å². The van der Waals surface area contributed by atoms with Gasteiger partial charge in [0, 0.05) is 23.2 Å². The van der Waals surface area contributed by atoms with Crippen molar-refractivity contribution in [2.75, 3.05) is 18.9 Å². The van der Waals surface area contributed by atoms with E-state index in [0.717, 1.165) is 0 Å². The van der Waals surface area contributed by atoms with Crippen molar-refractivity contribution in [2.24, 2.45) is 0 Å². The van der Waals surface area contributed by atoms with Crippen molar-refractivity contribution >= 4 is 40.4 Å². The quantitative estimate of drug-likeness (QED) is 0.843. The number of halogens is 2. The van der Waals surface area contributed by atoms with E-state index in [1.165, 1.54) is 11.3 Å². The van der Waals surface area contributed by atoms with Gasteiger partial charge in [-0.3, -0.25) is 4.79 Å². The number of rotatable bonds is 5. The van der Waals surface area contributed by atoms with Crippen molar-refractivity contribution in [3.8, 4) is 5.75 Å². The van der Waals surface area contributed by atoms with Gasteiger partial charge in [0.1, 0.15) is 5.75 Å². The number of carbonyl (C=O) groups is 1. The minimum atomic E-state index is -0.586. The third kappa shape index (κ3) is 3.27. The summed E-state index contributed by atoms with van der Waals surface area (Å²) < 4.78 is 5.01. The second-order valence-corrected chi connectivity index (χ2v) is 5.08. The standard InChI is InChI=1S/C10H13Cl2NO2S/c1-10(5-11,6-12)13-9(14)8-3-7(15-2)4-16-8/h3-4H,5-6H2,1-2H3,(H,13,14). The van der Waals surface area contributed by atoms with Crippen LogP contribution in [0, 0.1) is 0 Å². The van der Waals surface area contributed by atoms with Crippen LogP contribution in [-0.4, -0.2) is 30.3 Å². The minimum absolute atomic E-state index is 0.183. The third-order valence-electron chi connectivity index (χ3n) is 2.04. The van der Waals surface area contributed by atoms with Gasteiger partial charge in [-0.1, -0.05) is 0 Å². The van der Waals surface area contributed by atoms with Crippen LogP contribution in [0.3, 0.4) is 0 Å². The van der Waals surface area contributed by atoms with Gasteiger partial charge in [0.15, 0.2) is 0 Å². The number of amides is 1. The van der Waals surface area contributed by atoms with Gasteiger partial charge in [0.05, 0.1) is 17.5 Å². The van der Waals surface area contributed by atoms with Crippen molar-refractivity contribution in [2.45, 2.75) is 12.5 Å². The molecule has 0 aromatic carbocycles. The molecular weight excluding hydrogens is 269 g/mol. The lowest BCUT2D eigenvalue weighted by Crippen LogP contribution is -2.49. The van der Waals surface area contributed by atoms with Crippen LogP contribution in [0.25, 0.3) is 0 Å². The second kappa shape index (κ2) is 5.75. The van der Waals surface area contributed by atoms with E-state index in [1.54, 1.807) is 25.5 Å². The van der Waals surface area contributed by atoms with E-state index in [0.29, 0.717) is 10.6 Å². The van der Waals surface area contributed by atoms with Crippen LogP contribution in [0.4, 0.5) is 0 Å². The molecule has 1 amide bonds. The molecule has 0 fully saturated rings. The van der Waals surface area contributed by atoms with Gasteiger partial charge < -0.3 is 10.1 Å². The highest BCUT2D eigenvalue weighted by Gasteiger charge is 2.25. The van der Waals surface area contributed by atoms with E-state index in [2.05, 4.69) is 5.32 Å². The molecule has 0 atom stereocenters. The van der Waals surface area contributed by atoms with Crippen molar-refractivity contribution in [3.63, 3.8) is 0 Å². The topological polar surface area (TPSA) is 38.3 Å². The molecule has 1 aromatic rings. The Morgan fingerprint density at radius 3 is 2.62 bits per heavy atom. The summed E-state index contributed by atoms with van der Waals surface area (Å²) in [6.07, 6.45) is 0. The summed E-state index contributed by atoms with van der Waals surface area (Å²) in [5, 5.41) is 4.57. The lowest BCUT2D eigenvalue weighted by molar-refractivity contribution is 0.0925. The van der Waals surface area contributed by atoms with Crippen LogP contribution in [0.5, 0.6) is 5.75 Å². The van der Waals surface area contributed by atoms with Gasteiger partial charge in [0.2, 0.25) is 0 Å². The highest BCUT2D eigenvalue weighted by atomic mass is 35.5. The van der Waals surface area contributed by atoms with Crippen LogP contribution in [0.1, 0.15) is 16.6 Å². The molecule has 0 bridgehead atoms. The van der Waals surface area contributed by atoms with Gasteiger partial charge >= 0.3 is 0 Å². The largest absolute Gasteiger partial charge is 0.496 e. The monoisotopic (exact) mass is 281 g/mol. The lowest BCUT2D eigenvalue weighted by atomic mass is 10.1. The number of hydrogen-bond donors (Lipinski definition) is 1. The zero-order valence-electron chi connectivity index (χ0n) is 9.05. The minimum Gasteiger partial charge on any atom is -0.496 e. The maximum atomic E-state index is 11.8. The SMILES string of the molecule is COc1csc(C(=O)NC(C)(CCl)CCl)c1. The van der Waals surface area contributed by atoms with Crippen LogP contribution in [-0.2, 0) is 0 Å². The molecule has 0 aliphatic heterocycles. The molecule has 90 valence electrons. The first kappa shape index (κ1) is 13.6. The summed E-state index contributed by atoms with van der Waals surface area (Å²) in [4.78, 5) is 12.4. The molecule has 0 saturated heterocycles. The average molecular weight is 282 g/mol. The van der Waals surface area contributed by atoms with Crippen LogP contribution in [0.2, 0.25) is 0 Å². The van der Waals surface area contributed by atoms with Crippen LogP contribution in [0.15, 0.2) is 11.4 Å². The second-order valence-electron chi connectivity index (χ2n) is 3.63. The van der Waals surface area contributed by atoms with E-state index in [-0.39, 0.29) is 17.7 Å². The molecule has 0 unspecified atom stereocenters. The molecule has 3 nitrogen and oxygen atoms in total. The van der Waals surface area contributed by atoms with Crippen LogP contribution < -0.4 is 10.1 Å². The van der Waals surface area contributed by atoms with Crippen LogP contribution >= 0.6 is 34.5 Å². The van der Waals surface area contributed by atoms with Crippen molar-refractivity contribution in [1.29, 1.82) is 0 Å². The Bertz CT molecular complexity index is 363. The van der Waals surface area contributed by atoms with Gasteiger partial charge in [0.25, 0.3) is 5.91 Å². The molecule has 0 aliphatic rings. The summed E-state index contributed by atoms with van der Waals surface area (Å²) in [6, 6.07) is 1.68. The number of methoxy groups -OCH3 is 1. The van der Waals surface area contributed by atoms with Crippen molar-refractivity contribution < 1.29 is 9.53 Å². The molecule has 16 heavy (non-hydrogen) atoms. The molecule has 0 spiro atoms. The smallest absolute Gasteiger partial charge is 0.261 e. The molecule has 0 aliphatic carbocycles. The van der Waals surface area contributed by atoms with Gasteiger partial charge in [-0.25, -0.2) is 0 Å². The predicted octanol–water partition coefficient (Wildman–Crippen LogP) is 2.72. The normalized spacial score (nSPS) is 11.2. The Hall–Kier alpha value is -0.450. The summed E-state index contributed by atoms with van der Waals surface area (Å²) in [6.45, 7) is 1.80. The average Bonchev–Trinajstić information content (AvgIpc) is 2.77. The zero-order valence-corrected chi connectivity index (χ0v) is 11.4. The first-order valence-electron chi connectivity index (χ1n) is 4.61. The van der Waals surface area contributed by atoms with Gasteiger partial charge in [-0.05, 0) is 6.92 Å². The van der Waals surface area contributed by atoms with Crippen molar-refractivity contribution in [3.05, 3.63) is 16.3 Å². The Kier molecular flexibility index (Phi) is 4.89. The Morgan fingerprint density at radius 1 is 1.56 bits per heavy atom. The van der Waals surface area contributed by atoms with Gasteiger partial charge in [-0.15, -0.1) is 34.5 Å². The van der Waals surface area contributed by atoms with E-state index < -0.39 is 5.54 Å².